The lowest BCUT2D eigenvalue weighted by atomic mass is 10.0. The predicted octanol–water partition coefficient (Wildman–Crippen LogP) is 1.66. The van der Waals surface area contributed by atoms with Gasteiger partial charge in [-0.25, -0.2) is 4.98 Å². The Bertz CT molecular complexity index is 374. The van der Waals surface area contributed by atoms with E-state index in [2.05, 4.69) is 24.1 Å². The minimum absolute atomic E-state index is 0.00477. The van der Waals surface area contributed by atoms with E-state index in [1.54, 1.807) is 6.20 Å². The summed E-state index contributed by atoms with van der Waals surface area (Å²) in [5.74, 6) is 1.18. The Morgan fingerprint density at radius 2 is 2.28 bits per heavy atom. The van der Waals surface area contributed by atoms with Gasteiger partial charge in [0.25, 0.3) is 0 Å². The van der Waals surface area contributed by atoms with Gasteiger partial charge in [-0.1, -0.05) is 13.8 Å². The van der Waals surface area contributed by atoms with Crippen LogP contribution in [0.4, 0.5) is 0 Å². The molecule has 1 aromatic rings. The van der Waals surface area contributed by atoms with E-state index in [0.29, 0.717) is 25.6 Å². The van der Waals surface area contributed by atoms with Crippen molar-refractivity contribution in [1.29, 1.82) is 0 Å². The van der Waals surface area contributed by atoms with Gasteiger partial charge in [0.2, 0.25) is 5.91 Å². The fourth-order valence-corrected chi connectivity index (χ4v) is 1.76. The van der Waals surface area contributed by atoms with Crippen LogP contribution in [0.3, 0.4) is 0 Å². The molecule has 102 valence electrons. The summed E-state index contributed by atoms with van der Waals surface area (Å²) in [4.78, 5) is 16.1. The predicted molar refractivity (Wildman–Crippen MR) is 70.0 cm³/mol. The summed E-state index contributed by atoms with van der Waals surface area (Å²) in [7, 11) is 1.93. The van der Waals surface area contributed by atoms with Crippen LogP contribution >= 0.6 is 0 Å². The maximum absolute atomic E-state index is 11.8. The lowest BCUT2D eigenvalue weighted by Gasteiger charge is -2.22. The normalized spacial score (nSPS) is 12.7. The molecule has 0 fully saturated rings. The molecule has 0 aliphatic carbocycles. The molecule has 0 aromatic carbocycles. The first-order valence-corrected chi connectivity index (χ1v) is 6.40. The minimum atomic E-state index is -0.0564. The minimum Gasteiger partial charge on any atom is -0.381 e. The van der Waals surface area contributed by atoms with E-state index < -0.39 is 0 Å². The Morgan fingerprint density at radius 3 is 2.78 bits per heavy atom. The number of amides is 1. The van der Waals surface area contributed by atoms with Crippen molar-refractivity contribution < 1.29 is 9.53 Å². The second-order valence-corrected chi connectivity index (χ2v) is 4.63. The Hall–Kier alpha value is -1.36. The maximum Gasteiger partial charge on any atom is 0.222 e. The SMILES string of the molecule is CCOCCC(=O)NC(c1nccn1C)C(C)C. The molecule has 5 heteroatoms. The van der Waals surface area contributed by atoms with Gasteiger partial charge in [0.05, 0.1) is 12.6 Å². The van der Waals surface area contributed by atoms with Crippen LogP contribution in [0.15, 0.2) is 12.4 Å². The van der Waals surface area contributed by atoms with Crippen molar-refractivity contribution in [3.63, 3.8) is 0 Å². The van der Waals surface area contributed by atoms with Crippen LogP contribution in [0, 0.1) is 5.92 Å². The number of nitrogens with zero attached hydrogens (tertiary/aromatic N) is 2. The summed E-state index contributed by atoms with van der Waals surface area (Å²) < 4.78 is 7.12. The van der Waals surface area contributed by atoms with Crippen LogP contribution in [-0.2, 0) is 16.6 Å². The number of ether oxygens (including phenoxy) is 1. The molecular formula is C13H23N3O2. The Balaban J connectivity index is 2.59. The molecule has 1 heterocycles. The van der Waals surface area contributed by atoms with E-state index >= 15 is 0 Å². The zero-order valence-electron chi connectivity index (χ0n) is 11.6. The maximum atomic E-state index is 11.8. The molecule has 1 N–H and O–H groups in total. The molecule has 0 aliphatic heterocycles. The Kier molecular flexibility index (Phi) is 5.85. The fraction of sp³-hybridized carbons (Fsp3) is 0.692. The van der Waals surface area contributed by atoms with Gasteiger partial charge >= 0.3 is 0 Å². The van der Waals surface area contributed by atoms with E-state index in [-0.39, 0.29) is 11.9 Å². The number of hydrogen-bond donors (Lipinski definition) is 1. The largest absolute Gasteiger partial charge is 0.381 e. The highest BCUT2D eigenvalue weighted by atomic mass is 16.5. The molecule has 0 radical (unpaired) electrons. The second-order valence-electron chi connectivity index (χ2n) is 4.63. The number of hydrogen-bond acceptors (Lipinski definition) is 3. The third kappa shape index (κ3) is 4.14. The van der Waals surface area contributed by atoms with Crippen molar-refractivity contribution in [1.82, 2.24) is 14.9 Å². The molecule has 0 saturated carbocycles. The van der Waals surface area contributed by atoms with E-state index in [1.807, 2.05) is 24.7 Å². The molecule has 5 nitrogen and oxygen atoms in total. The smallest absolute Gasteiger partial charge is 0.222 e. The van der Waals surface area contributed by atoms with Gasteiger partial charge in [0, 0.05) is 32.5 Å². The Labute approximate surface area is 109 Å². The van der Waals surface area contributed by atoms with Gasteiger partial charge < -0.3 is 14.6 Å². The van der Waals surface area contributed by atoms with Gasteiger partial charge in [0.15, 0.2) is 0 Å². The summed E-state index contributed by atoms with van der Waals surface area (Å²) in [5.41, 5.74) is 0. The van der Waals surface area contributed by atoms with Crippen LogP contribution in [0.1, 0.15) is 39.1 Å². The average Bonchev–Trinajstić information content (AvgIpc) is 2.72. The zero-order chi connectivity index (χ0) is 13.5. The number of carbonyl (C=O) groups is 1. The highest BCUT2D eigenvalue weighted by Crippen LogP contribution is 2.19. The molecule has 1 rings (SSSR count). The molecule has 1 atom stereocenters. The summed E-state index contributed by atoms with van der Waals surface area (Å²) in [6, 6.07) is -0.0564. The number of carbonyl (C=O) groups excluding carboxylic acids is 1. The average molecular weight is 253 g/mol. The van der Waals surface area contributed by atoms with E-state index in [4.69, 9.17) is 4.74 Å². The molecule has 1 aromatic heterocycles. The van der Waals surface area contributed by atoms with Gasteiger partial charge in [0.1, 0.15) is 5.82 Å². The van der Waals surface area contributed by atoms with Crippen LogP contribution in [0.25, 0.3) is 0 Å². The molecule has 0 bridgehead atoms. The van der Waals surface area contributed by atoms with Crippen molar-refractivity contribution in [2.24, 2.45) is 13.0 Å². The second kappa shape index (κ2) is 7.16. The third-order valence-corrected chi connectivity index (χ3v) is 2.80. The summed E-state index contributed by atoms with van der Waals surface area (Å²) in [6.07, 6.45) is 4.02. The number of aryl methyl sites for hydroxylation is 1. The van der Waals surface area contributed by atoms with Crippen molar-refractivity contribution in [2.45, 2.75) is 33.2 Å². The molecule has 0 spiro atoms. The number of nitrogens with one attached hydrogen (secondary N) is 1. The number of rotatable bonds is 7. The van der Waals surface area contributed by atoms with E-state index in [9.17, 15) is 4.79 Å². The third-order valence-electron chi connectivity index (χ3n) is 2.80. The molecule has 0 aliphatic rings. The van der Waals surface area contributed by atoms with E-state index in [1.165, 1.54) is 0 Å². The molecule has 1 amide bonds. The molecule has 0 saturated heterocycles. The summed E-state index contributed by atoms with van der Waals surface area (Å²) in [5, 5.41) is 3.02. The van der Waals surface area contributed by atoms with Crippen molar-refractivity contribution in [2.75, 3.05) is 13.2 Å². The van der Waals surface area contributed by atoms with Gasteiger partial charge in [-0.2, -0.15) is 0 Å². The quantitative estimate of drug-likeness (QED) is 0.752. The van der Waals surface area contributed by atoms with Gasteiger partial charge in [-0.15, -0.1) is 0 Å². The molecule has 18 heavy (non-hydrogen) atoms. The number of aromatic nitrogens is 2. The Morgan fingerprint density at radius 1 is 1.56 bits per heavy atom. The first-order chi connectivity index (χ1) is 8.56. The van der Waals surface area contributed by atoms with Crippen molar-refractivity contribution in [3.05, 3.63) is 18.2 Å². The molecular weight excluding hydrogens is 230 g/mol. The fourth-order valence-electron chi connectivity index (χ4n) is 1.76. The van der Waals surface area contributed by atoms with Crippen LogP contribution in [0.5, 0.6) is 0 Å². The van der Waals surface area contributed by atoms with Gasteiger partial charge in [-0.3, -0.25) is 4.79 Å². The molecule has 1 unspecified atom stereocenters. The monoisotopic (exact) mass is 253 g/mol. The first kappa shape index (κ1) is 14.7. The number of imidazole rings is 1. The highest BCUT2D eigenvalue weighted by molar-refractivity contribution is 5.76. The standard InChI is InChI=1S/C13H23N3O2/c1-5-18-9-6-11(17)15-12(10(2)3)13-14-7-8-16(13)4/h7-8,10,12H,5-6,9H2,1-4H3,(H,15,17). The highest BCUT2D eigenvalue weighted by Gasteiger charge is 2.21. The van der Waals surface area contributed by atoms with Crippen LogP contribution in [-0.4, -0.2) is 28.7 Å². The van der Waals surface area contributed by atoms with Crippen molar-refractivity contribution in [3.8, 4) is 0 Å². The van der Waals surface area contributed by atoms with Crippen molar-refractivity contribution >= 4 is 5.91 Å². The zero-order valence-corrected chi connectivity index (χ0v) is 11.6. The van der Waals surface area contributed by atoms with Crippen LogP contribution < -0.4 is 5.32 Å². The van der Waals surface area contributed by atoms with Crippen LogP contribution in [0.2, 0.25) is 0 Å². The van der Waals surface area contributed by atoms with Gasteiger partial charge in [-0.05, 0) is 12.8 Å². The lowest BCUT2D eigenvalue weighted by molar-refractivity contribution is -0.123. The summed E-state index contributed by atoms with van der Waals surface area (Å²) >= 11 is 0. The van der Waals surface area contributed by atoms with E-state index in [0.717, 1.165) is 5.82 Å². The summed E-state index contributed by atoms with van der Waals surface area (Å²) in [6.45, 7) is 7.17. The topological polar surface area (TPSA) is 56.1 Å². The first-order valence-electron chi connectivity index (χ1n) is 6.40. The lowest BCUT2D eigenvalue weighted by Crippen LogP contribution is -2.34.